The topological polar surface area (TPSA) is 26.3 Å². The van der Waals surface area contributed by atoms with Crippen molar-refractivity contribution < 1.29 is 9.53 Å². The van der Waals surface area contributed by atoms with Crippen molar-refractivity contribution in [3.05, 3.63) is 0 Å². The first kappa shape index (κ1) is 11.1. The quantitative estimate of drug-likeness (QED) is 0.604. The van der Waals surface area contributed by atoms with Crippen LogP contribution in [0.25, 0.3) is 0 Å². The lowest BCUT2D eigenvalue weighted by molar-refractivity contribution is -0.120. The van der Waals surface area contributed by atoms with Crippen LogP contribution in [0.2, 0.25) is 0 Å². The van der Waals surface area contributed by atoms with Crippen molar-refractivity contribution in [1.82, 2.24) is 0 Å². The van der Waals surface area contributed by atoms with Crippen molar-refractivity contribution in [3.63, 3.8) is 0 Å². The molecule has 0 N–H and O–H groups in total. The van der Waals surface area contributed by atoms with Gasteiger partial charge in [-0.25, -0.2) is 0 Å². The Balaban J connectivity index is 1.42. The molecule has 1 atom stereocenters. The third-order valence-corrected chi connectivity index (χ3v) is 3.51. The van der Waals surface area contributed by atoms with Crippen LogP contribution < -0.4 is 0 Å². The number of ketones is 1. The highest BCUT2D eigenvalue weighted by molar-refractivity contribution is 5.82. The Morgan fingerprint density at radius 3 is 2.67 bits per heavy atom. The van der Waals surface area contributed by atoms with Crippen molar-refractivity contribution >= 4 is 5.78 Å². The van der Waals surface area contributed by atoms with E-state index < -0.39 is 0 Å². The van der Waals surface area contributed by atoms with Gasteiger partial charge in [0, 0.05) is 18.9 Å². The van der Waals surface area contributed by atoms with E-state index in [-0.39, 0.29) is 0 Å². The number of rotatable bonds is 7. The summed E-state index contributed by atoms with van der Waals surface area (Å²) in [7, 11) is 0. The summed E-state index contributed by atoms with van der Waals surface area (Å²) in [6.07, 6.45) is 10.9. The summed E-state index contributed by atoms with van der Waals surface area (Å²) in [6, 6.07) is 0. The Labute approximate surface area is 92.4 Å². The third-order valence-electron chi connectivity index (χ3n) is 3.51. The standard InChI is InChI=1S/C13H22O2/c14-13(11-8-9-11)7-3-1-2-5-12-6-4-10-15-12/h11-12H,1-10H2. The monoisotopic (exact) mass is 210 g/mol. The Morgan fingerprint density at radius 2 is 2.00 bits per heavy atom. The molecule has 86 valence electrons. The molecule has 2 fully saturated rings. The summed E-state index contributed by atoms with van der Waals surface area (Å²) in [6.45, 7) is 0.963. The average Bonchev–Trinajstić information content (AvgIpc) is 2.97. The van der Waals surface area contributed by atoms with Crippen LogP contribution in [0.3, 0.4) is 0 Å². The molecule has 2 nitrogen and oxygen atoms in total. The van der Waals surface area contributed by atoms with Crippen molar-refractivity contribution in [2.45, 2.75) is 63.9 Å². The van der Waals surface area contributed by atoms with Crippen LogP contribution in [0.1, 0.15) is 57.8 Å². The van der Waals surface area contributed by atoms with E-state index in [0.29, 0.717) is 17.8 Å². The maximum atomic E-state index is 11.4. The first-order valence-corrected chi connectivity index (χ1v) is 6.50. The van der Waals surface area contributed by atoms with Gasteiger partial charge in [0.15, 0.2) is 0 Å². The van der Waals surface area contributed by atoms with Crippen molar-refractivity contribution in [3.8, 4) is 0 Å². The fourth-order valence-corrected chi connectivity index (χ4v) is 2.33. The minimum absolute atomic E-state index is 0.461. The third kappa shape index (κ3) is 3.94. The average molecular weight is 210 g/mol. The van der Waals surface area contributed by atoms with E-state index in [4.69, 9.17) is 4.74 Å². The summed E-state index contributed by atoms with van der Waals surface area (Å²) in [5, 5.41) is 0. The molecule has 0 aromatic rings. The van der Waals surface area contributed by atoms with Gasteiger partial charge in [-0.3, -0.25) is 4.79 Å². The highest BCUT2D eigenvalue weighted by Crippen LogP contribution is 2.31. The smallest absolute Gasteiger partial charge is 0.135 e. The van der Waals surface area contributed by atoms with Gasteiger partial charge < -0.3 is 4.74 Å². The van der Waals surface area contributed by atoms with Crippen molar-refractivity contribution in [2.24, 2.45) is 5.92 Å². The molecule has 0 amide bonds. The van der Waals surface area contributed by atoms with E-state index in [1.807, 2.05) is 0 Å². The zero-order chi connectivity index (χ0) is 10.5. The van der Waals surface area contributed by atoms with Crippen LogP contribution in [0.5, 0.6) is 0 Å². The maximum absolute atomic E-state index is 11.4. The van der Waals surface area contributed by atoms with Crippen LogP contribution in [0.15, 0.2) is 0 Å². The lowest BCUT2D eigenvalue weighted by atomic mass is 10.0. The Kier molecular flexibility index (Phi) is 4.18. The Bertz CT molecular complexity index is 203. The summed E-state index contributed by atoms with van der Waals surface area (Å²) in [4.78, 5) is 11.4. The molecule has 0 bridgehead atoms. The molecule has 1 aliphatic heterocycles. The molecule has 2 aliphatic rings. The molecule has 0 aromatic heterocycles. The van der Waals surface area contributed by atoms with Gasteiger partial charge in [-0.1, -0.05) is 12.8 Å². The zero-order valence-electron chi connectivity index (χ0n) is 9.54. The molecule has 2 rings (SSSR count). The van der Waals surface area contributed by atoms with Crippen molar-refractivity contribution in [2.75, 3.05) is 6.61 Å². The second kappa shape index (κ2) is 5.64. The van der Waals surface area contributed by atoms with Gasteiger partial charge in [0.05, 0.1) is 6.10 Å². The summed E-state index contributed by atoms with van der Waals surface area (Å²) < 4.78 is 5.56. The van der Waals surface area contributed by atoms with Gasteiger partial charge >= 0.3 is 0 Å². The van der Waals surface area contributed by atoms with Crippen LogP contribution in [-0.4, -0.2) is 18.5 Å². The molecule has 0 aromatic carbocycles. The summed E-state index contributed by atoms with van der Waals surface area (Å²) in [5.41, 5.74) is 0. The van der Waals surface area contributed by atoms with Gasteiger partial charge in [0.25, 0.3) is 0 Å². The maximum Gasteiger partial charge on any atom is 0.135 e. The van der Waals surface area contributed by atoms with E-state index in [9.17, 15) is 4.79 Å². The first-order valence-electron chi connectivity index (χ1n) is 6.50. The van der Waals surface area contributed by atoms with E-state index in [2.05, 4.69) is 0 Å². The number of ether oxygens (including phenoxy) is 1. The normalized spacial score (nSPS) is 25.7. The fraction of sp³-hybridized carbons (Fsp3) is 0.923. The highest BCUT2D eigenvalue weighted by Gasteiger charge is 2.28. The minimum Gasteiger partial charge on any atom is -0.378 e. The molecule has 1 saturated heterocycles. The number of carbonyl (C=O) groups excluding carboxylic acids is 1. The van der Waals surface area contributed by atoms with Crippen LogP contribution in [-0.2, 0) is 9.53 Å². The Hall–Kier alpha value is -0.370. The first-order chi connectivity index (χ1) is 7.36. The van der Waals surface area contributed by atoms with Gasteiger partial charge in [-0.2, -0.15) is 0 Å². The molecule has 1 aliphatic carbocycles. The van der Waals surface area contributed by atoms with E-state index in [1.54, 1.807) is 0 Å². The van der Waals surface area contributed by atoms with E-state index >= 15 is 0 Å². The second-order valence-corrected chi connectivity index (χ2v) is 4.97. The predicted molar refractivity (Wildman–Crippen MR) is 59.8 cm³/mol. The number of unbranched alkanes of at least 4 members (excludes halogenated alkanes) is 2. The largest absolute Gasteiger partial charge is 0.378 e. The van der Waals surface area contributed by atoms with Gasteiger partial charge in [0.1, 0.15) is 5.78 Å². The molecule has 15 heavy (non-hydrogen) atoms. The molecular weight excluding hydrogens is 188 g/mol. The predicted octanol–water partition coefficient (Wildman–Crippen LogP) is 3.10. The molecule has 1 saturated carbocycles. The van der Waals surface area contributed by atoms with Crippen LogP contribution in [0, 0.1) is 5.92 Å². The summed E-state index contributed by atoms with van der Waals surface area (Å²) in [5.74, 6) is 0.982. The number of hydrogen-bond donors (Lipinski definition) is 0. The Morgan fingerprint density at radius 1 is 1.13 bits per heavy atom. The van der Waals surface area contributed by atoms with Crippen molar-refractivity contribution in [1.29, 1.82) is 0 Å². The molecule has 0 radical (unpaired) electrons. The SMILES string of the molecule is O=C(CCCCCC1CCCO1)C1CC1. The molecular formula is C13H22O2. The van der Waals surface area contributed by atoms with Gasteiger partial charge in [0.2, 0.25) is 0 Å². The number of carbonyl (C=O) groups is 1. The van der Waals surface area contributed by atoms with E-state index in [0.717, 1.165) is 32.3 Å². The van der Waals surface area contributed by atoms with E-state index in [1.165, 1.54) is 32.1 Å². The second-order valence-electron chi connectivity index (χ2n) is 4.97. The zero-order valence-corrected chi connectivity index (χ0v) is 9.54. The number of hydrogen-bond acceptors (Lipinski definition) is 2. The molecule has 1 unspecified atom stereocenters. The minimum atomic E-state index is 0.461. The van der Waals surface area contributed by atoms with Gasteiger partial charge in [-0.05, 0) is 38.5 Å². The van der Waals surface area contributed by atoms with Crippen LogP contribution >= 0.6 is 0 Å². The fourth-order valence-electron chi connectivity index (χ4n) is 2.33. The lowest BCUT2D eigenvalue weighted by Crippen LogP contribution is -2.04. The summed E-state index contributed by atoms with van der Waals surface area (Å²) >= 11 is 0. The number of Topliss-reactive ketones (excluding diaryl/α,β-unsaturated/α-hetero) is 1. The molecule has 1 heterocycles. The van der Waals surface area contributed by atoms with Crippen LogP contribution in [0.4, 0.5) is 0 Å². The highest BCUT2D eigenvalue weighted by atomic mass is 16.5. The van der Waals surface area contributed by atoms with Gasteiger partial charge in [-0.15, -0.1) is 0 Å². The lowest BCUT2D eigenvalue weighted by Gasteiger charge is -2.08. The molecule has 2 heteroatoms. The molecule has 0 spiro atoms.